The highest BCUT2D eigenvalue weighted by Crippen LogP contribution is 2.18. The number of nitrogens with one attached hydrogen (secondary N) is 1. The normalized spacial score (nSPS) is 18.7. The molecular weight excluding hydrogens is 344 g/mol. The molecule has 0 bridgehead atoms. The summed E-state index contributed by atoms with van der Waals surface area (Å²) in [5.74, 6) is -0.603. The number of amides is 2. The van der Waals surface area contributed by atoms with Gasteiger partial charge >= 0.3 is 0 Å². The highest BCUT2D eigenvalue weighted by atomic mass is 16.2. The molecule has 0 aromatic heterocycles. The molecule has 0 saturated carbocycles. The number of carbonyl (C=O) groups excluding carboxylic acids is 3. The van der Waals surface area contributed by atoms with Crippen LogP contribution in [0.5, 0.6) is 0 Å². The van der Waals surface area contributed by atoms with Crippen LogP contribution in [0.4, 0.5) is 0 Å². The molecule has 27 heavy (non-hydrogen) atoms. The van der Waals surface area contributed by atoms with E-state index in [-0.39, 0.29) is 11.8 Å². The predicted molar refractivity (Wildman–Crippen MR) is 103 cm³/mol. The number of benzene rings is 1. The number of nitrogens with zero attached hydrogens (tertiary/aromatic N) is 1. The molecule has 1 aromatic carbocycles. The molecule has 0 aliphatic carbocycles. The Balaban J connectivity index is 2.00. The number of likely N-dealkylation sites (tertiary alicyclic amines) is 1. The van der Waals surface area contributed by atoms with E-state index in [0.29, 0.717) is 38.8 Å². The van der Waals surface area contributed by atoms with Crippen molar-refractivity contribution >= 4 is 18.1 Å². The first kappa shape index (κ1) is 21.1. The lowest BCUT2D eigenvalue weighted by atomic mass is 10.0. The second-order valence-corrected chi connectivity index (χ2v) is 6.95. The van der Waals surface area contributed by atoms with Crippen LogP contribution in [0.25, 0.3) is 0 Å². The van der Waals surface area contributed by atoms with Crippen molar-refractivity contribution in [2.45, 2.75) is 56.7 Å². The first-order chi connectivity index (χ1) is 13.1. The minimum Gasteiger partial charge on any atom is -0.343 e. The quantitative estimate of drug-likeness (QED) is 0.509. The topological polar surface area (TPSA) is 119 Å². The van der Waals surface area contributed by atoms with Gasteiger partial charge in [-0.25, -0.2) is 0 Å². The van der Waals surface area contributed by atoms with Gasteiger partial charge in [-0.05, 0) is 50.6 Å². The van der Waals surface area contributed by atoms with Gasteiger partial charge in [0, 0.05) is 6.54 Å². The molecule has 2 amide bonds. The van der Waals surface area contributed by atoms with Gasteiger partial charge in [-0.2, -0.15) is 0 Å². The summed E-state index contributed by atoms with van der Waals surface area (Å²) >= 11 is 0. The zero-order valence-corrected chi connectivity index (χ0v) is 15.6. The molecule has 3 atom stereocenters. The van der Waals surface area contributed by atoms with Crippen molar-refractivity contribution in [2.75, 3.05) is 13.1 Å². The number of hydrogen-bond donors (Lipinski definition) is 3. The molecule has 5 N–H and O–H groups in total. The first-order valence-electron chi connectivity index (χ1n) is 9.55. The Labute approximate surface area is 160 Å². The summed E-state index contributed by atoms with van der Waals surface area (Å²) in [4.78, 5) is 38.1. The Morgan fingerprint density at radius 2 is 2.00 bits per heavy atom. The van der Waals surface area contributed by atoms with Gasteiger partial charge in [0.1, 0.15) is 6.04 Å². The van der Waals surface area contributed by atoms with Crippen LogP contribution < -0.4 is 16.8 Å². The second kappa shape index (κ2) is 10.8. The van der Waals surface area contributed by atoms with Gasteiger partial charge in [0.25, 0.3) is 0 Å². The summed E-state index contributed by atoms with van der Waals surface area (Å²) in [6.07, 6.45) is 5.65. The van der Waals surface area contributed by atoms with Crippen molar-refractivity contribution in [3.8, 4) is 0 Å². The number of rotatable bonds is 10. The third-order valence-electron chi connectivity index (χ3n) is 4.87. The molecule has 1 radical (unpaired) electrons. The summed E-state index contributed by atoms with van der Waals surface area (Å²) in [5, 5.41) is 2.79. The molecule has 7 nitrogen and oxygen atoms in total. The zero-order valence-electron chi connectivity index (χ0n) is 15.6. The lowest BCUT2D eigenvalue weighted by Crippen LogP contribution is -2.54. The molecule has 1 aromatic rings. The van der Waals surface area contributed by atoms with E-state index in [1.165, 1.54) is 4.90 Å². The Hall–Kier alpha value is -2.25. The fourth-order valence-electron chi connectivity index (χ4n) is 3.34. The van der Waals surface area contributed by atoms with E-state index >= 15 is 0 Å². The summed E-state index contributed by atoms with van der Waals surface area (Å²) in [6, 6.07) is 7.54. The van der Waals surface area contributed by atoms with E-state index in [0.717, 1.165) is 18.4 Å². The van der Waals surface area contributed by atoms with E-state index in [2.05, 4.69) is 5.32 Å². The van der Waals surface area contributed by atoms with Crippen LogP contribution in [0.1, 0.15) is 37.7 Å². The van der Waals surface area contributed by atoms with Gasteiger partial charge < -0.3 is 21.7 Å². The largest absolute Gasteiger partial charge is 0.343 e. The molecule has 1 aliphatic heterocycles. The monoisotopic (exact) mass is 373 g/mol. The number of nitrogens with two attached hydrogens (primary N) is 2. The lowest BCUT2D eigenvalue weighted by Gasteiger charge is -2.27. The summed E-state index contributed by atoms with van der Waals surface area (Å²) in [6.45, 7) is 1.04. The Morgan fingerprint density at radius 1 is 1.26 bits per heavy atom. The highest BCUT2D eigenvalue weighted by molar-refractivity contribution is 5.91. The van der Waals surface area contributed by atoms with Crippen LogP contribution >= 0.6 is 0 Å². The fourth-order valence-corrected chi connectivity index (χ4v) is 3.34. The standard InChI is InChI=1S/C20H29N4O3/c21-11-5-4-10-18(20(27)24-12-6-9-16(24)14-25)23-19(26)17(22)13-15-7-2-1-3-8-15/h1-3,7-8,16-18H,4-6,9-13,21-22H2,(H,23,26)/t16-,17-,18-/m0/s1. The third kappa shape index (κ3) is 6.15. The first-order valence-corrected chi connectivity index (χ1v) is 9.55. The van der Waals surface area contributed by atoms with E-state index < -0.39 is 18.1 Å². The van der Waals surface area contributed by atoms with Crippen LogP contribution in [-0.2, 0) is 20.8 Å². The number of unbranched alkanes of at least 4 members (excludes halogenated alkanes) is 1. The van der Waals surface area contributed by atoms with Crippen molar-refractivity contribution < 1.29 is 14.4 Å². The molecule has 1 heterocycles. The molecular formula is C20H29N4O3. The van der Waals surface area contributed by atoms with E-state index in [1.807, 2.05) is 36.6 Å². The Bertz CT molecular complexity index is 623. The molecule has 147 valence electrons. The van der Waals surface area contributed by atoms with Crippen molar-refractivity contribution in [1.82, 2.24) is 10.2 Å². The summed E-state index contributed by atoms with van der Waals surface area (Å²) in [7, 11) is 0. The van der Waals surface area contributed by atoms with Crippen LogP contribution in [0.2, 0.25) is 0 Å². The molecule has 2 rings (SSSR count). The van der Waals surface area contributed by atoms with Gasteiger partial charge in [-0.3, -0.25) is 14.4 Å². The molecule has 0 spiro atoms. The maximum absolute atomic E-state index is 12.9. The molecule has 1 fully saturated rings. The number of hydrogen-bond acceptors (Lipinski definition) is 5. The SMILES string of the molecule is NCCCC[C@H](NC(=O)[C@@H](N)Cc1ccccc1)C(=O)N1CCC[C@H]1[C]=O. The average molecular weight is 373 g/mol. The highest BCUT2D eigenvalue weighted by Gasteiger charge is 2.34. The summed E-state index contributed by atoms with van der Waals surface area (Å²) < 4.78 is 0. The van der Waals surface area contributed by atoms with Crippen molar-refractivity contribution in [2.24, 2.45) is 11.5 Å². The smallest absolute Gasteiger partial charge is 0.245 e. The lowest BCUT2D eigenvalue weighted by molar-refractivity contribution is -0.136. The van der Waals surface area contributed by atoms with Gasteiger partial charge in [-0.15, -0.1) is 0 Å². The summed E-state index contributed by atoms with van der Waals surface area (Å²) in [5.41, 5.74) is 12.5. The van der Waals surface area contributed by atoms with Crippen molar-refractivity contribution in [3.63, 3.8) is 0 Å². The van der Waals surface area contributed by atoms with Crippen LogP contribution in [0.15, 0.2) is 30.3 Å². The van der Waals surface area contributed by atoms with Gasteiger partial charge in [0.15, 0.2) is 0 Å². The van der Waals surface area contributed by atoms with Crippen LogP contribution in [0, 0.1) is 0 Å². The van der Waals surface area contributed by atoms with Crippen LogP contribution in [0.3, 0.4) is 0 Å². The van der Waals surface area contributed by atoms with Crippen LogP contribution in [-0.4, -0.2) is 54.2 Å². The van der Waals surface area contributed by atoms with E-state index in [4.69, 9.17) is 11.5 Å². The van der Waals surface area contributed by atoms with E-state index in [1.54, 1.807) is 0 Å². The molecule has 7 heteroatoms. The molecule has 0 unspecified atom stereocenters. The minimum atomic E-state index is -0.746. The van der Waals surface area contributed by atoms with E-state index in [9.17, 15) is 14.4 Å². The second-order valence-electron chi connectivity index (χ2n) is 6.95. The van der Waals surface area contributed by atoms with Crippen molar-refractivity contribution in [3.05, 3.63) is 35.9 Å². The molecule has 1 aliphatic rings. The number of carbonyl (C=O) groups is 2. The maximum Gasteiger partial charge on any atom is 0.245 e. The van der Waals surface area contributed by atoms with Gasteiger partial charge in [0.05, 0.1) is 12.1 Å². The van der Waals surface area contributed by atoms with Gasteiger partial charge in [0.2, 0.25) is 18.1 Å². The van der Waals surface area contributed by atoms with Crippen molar-refractivity contribution in [1.29, 1.82) is 0 Å². The fraction of sp³-hybridized carbons (Fsp3) is 0.550. The Morgan fingerprint density at radius 3 is 2.67 bits per heavy atom. The average Bonchev–Trinajstić information content (AvgIpc) is 3.16. The maximum atomic E-state index is 12.9. The Kier molecular flexibility index (Phi) is 8.42. The van der Waals surface area contributed by atoms with Gasteiger partial charge in [-0.1, -0.05) is 30.3 Å². The zero-order chi connectivity index (χ0) is 19.6. The predicted octanol–water partition coefficient (Wildman–Crippen LogP) is 0.271. The third-order valence-corrected chi connectivity index (χ3v) is 4.87. The molecule has 1 saturated heterocycles. The minimum absolute atomic E-state index is 0.238.